The number of aryl methyl sites for hydroxylation is 1. The fourth-order valence-corrected chi connectivity index (χ4v) is 4.30. The molecule has 1 atom stereocenters. The third-order valence-corrected chi connectivity index (χ3v) is 5.59. The summed E-state index contributed by atoms with van der Waals surface area (Å²) in [4.78, 5) is 13.5. The number of nitrogens with one attached hydrogen (secondary N) is 1. The van der Waals surface area contributed by atoms with Gasteiger partial charge in [0.1, 0.15) is 5.75 Å². The van der Waals surface area contributed by atoms with Gasteiger partial charge in [0.25, 0.3) is 0 Å². The predicted molar refractivity (Wildman–Crippen MR) is 104 cm³/mol. The highest BCUT2D eigenvalue weighted by molar-refractivity contribution is 7.99. The van der Waals surface area contributed by atoms with Crippen LogP contribution in [-0.4, -0.2) is 18.3 Å². The molecule has 0 saturated carbocycles. The average Bonchev–Trinajstić information content (AvgIpc) is 2.60. The molecule has 1 N–H and O–H groups in total. The van der Waals surface area contributed by atoms with E-state index in [2.05, 4.69) is 17.4 Å². The summed E-state index contributed by atoms with van der Waals surface area (Å²) in [6.07, 6.45) is 2.14. The van der Waals surface area contributed by atoms with Crippen molar-refractivity contribution in [1.82, 2.24) is 5.32 Å². The SMILES string of the molecule is Cc1cc(Cl)ccc1OCCCC(=O)NC1CCSc2ccccc21. The molecule has 1 heterocycles. The van der Waals surface area contributed by atoms with Crippen LogP contribution in [0.3, 0.4) is 0 Å². The van der Waals surface area contributed by atoms with Crippen molar-refractivity contribution in [2.75, 3.05) is 12.4 Å². The highest BCUT2D eigenvalue weighted by atomic mass is 35.5. The number of hydrogen-bond acceptors (Lipinski definition) is 3. The van der Waals surface area contributed by atoms with Crippen molar-refractivity contribution in [1.29, 1.82) is 0 Å². The Balaban J connectivity index is 1.44. The van der Waals surface area contributed by atoms with Gasteiger partial charge in [-0.25, -0.2) is 0 Å². The molecular formula is C20H22ClNO2S. The number of halogens is 1. The van der Waals surface area contributed by atoms with Crippen LogP contribution in [0.4, 0.5) is 0 Å². The zero-order valence-electron chi connectivity index (χ0n) is 14.3. The molecule has 1 aliphatic rings. The van der Waals surface area contributed by atoms with Crippen LogP contribution in [0, 0.1) is 6.92 Å². The Kier molecular flexibility index (Phi) is 6.27. The minimum Gasteiger partial charge on any atom is -0.493 e. The smallest absolute Gasteiger partial charge is 0.220 e. The fraction of sp³-hybridized carbons (Fsp3) is 0.350. The van der Waals surface area contributed by atoms with E-state index in [0.29, 0.717) is 24.5 Å². The van der Waals surface area contributed by atoms with Crippen molar-refractivity contribution in [2.24, 2.45) is 0 Å². The monoisotopic (exact) mass is 375 g/mol. The highest BCUT2D eigenvalue weighted by Crippen LogP contribution is 2.35. The molecule has 0 aromatic heterocycles. The Morgan fingerprint density at radius 2 is 2.16 bits per heavy atom. The van der Waals surface area contributed by atoms with Crippen molar-refractivity contribution in [3.63, 3.8) is 0 Å². The number of carbonyl (C=O) groups excluding carboxylic acids is 1. The Bertz CT molecular complexity index is 750. The number of ether oxygens (including phenoxy) is 1. The van der Waals surface area contributed by atoms with Crippen LogP contribution in [-0.2, 0) is 4.79 Å². The van der Waals surface area contributed by atoms with E-state index in [-0.39, 0.29) is 11.9 Å². The van der Waals surface area contributed by atoms with Gasteiger partial charge in [0.15, 0.2) is 0 Å². The van der Waals surface area contributed by atoms with Gasteiger partial charge in [0.2, 0.25) is 5.91 Å². The van der Waals surface area contributed by atoms with E-state index in [9.17, 15) is 4.79 Å². The van der Waals surface area contributed by atoms with Gasteiger partial charge in [0.05, 0.1) is 12.6 Å². The third-order valence-electron chi connectivity index (χ3n) is 4.24. The van der Waals surface area contributed by atoms with E-state index < -0.39 is 0 Å². The first-order chi connectivity index (χ1) is 12.1. The Labute approximate surface area is 158 Å². The topological polar surface area (TPSA) is 38.3 Å². The summed E-state index contributed by atoms with van der Waals surface area (Å²) in [6.45, 7) is 2.49. The second-order valence-corrected chi connectivity index (χ2v) is 7.73. The first kappa shape index (κ1) is 18.2. The van der Waals surface area contributed by atoms with E-state index in [4.69, 9.17) is 16.3 Å². The summed E-state index contributed by atoms with van der Waals surface area (Å²) in [7, 11) is 0. The number of carbonyl (C=O) groups is 1. The zero-order valence-corrected chi connectivity index (χ0v) is 15.8. The van der Waals surface area contributed by atoms with Gasteiger partial charge in [-0.3, -0.25) is 4.79 Å². The second-order valence-electron chi connectivity index (χ2n) is 6.16. The molecule has 0 aliphatic carbocycles. The molecule has 3 nitrogen and oxygen atoms in total. The summed E-state index contributed by atoms with van der Waals surface area (Å²) >= 11 is 7.80. The summed E-state index contributed by atoms with van der Waals surface area (Å²) in [5.74, 6) is 1.95. The van der Waals surface area contributed by atoms with Crippen LogP contribution in [0.15, 0.2) is 47.4 Å². The summed E-state index contributed by atoms with van der Waals surface area (Å²) in [6, 6.07) is 14.0. The minimum absolute atomic E-state index is 0.0862. The van der Waals surface area contributed by atoms with Crippen molar-refractivity contribution < 1.29 is 9.53 Å². The van der Waals surface area contributed by atoms with E-state index in [0.717, 1.165) is 23.5 Å². The lowest BCUT2D eigenvalue weighted by Gasteiger charge is -2.25. The van der Waals surface area contributed by atoms with Crippen LogP contribution in [0.5, 0.6) is 5.75 Å². The minimum atomic E-state index is 0.0862. The Hall–Kier alpha value is -1.65. The number of amides is 1. The van der Waals surface area contributed by atoms with Crippen LogP contribution < -0.4 is 10.1 Å². The van der Waals surface area contributed by atoms with E-state index in [1.807, 2.05) is 49.0 Å². The van der Waals surface area contributed by atoms with Crippen molar-refractivity contribution >= 4 is 29.3 Å². The lowest BCUT2D eigenvalue weighted by Crippen LogP contribution is -2.30. The van der Waals surface area contributed by atoms with Crippen LogP contribution in [0.2, 0.25) is 5.02 Å². The molecule has 25 heavy (non-hydrogen) atoms. The van der Waals surface area contributed by atoms with Crippen molar-refractivity contribution in [3.8, 4) is 5.75 Å². The first-order valence-electron chi connectivity index (χ1n) is 8.53. The van der Waals surface area contributed by atoms with Crippen LogP contribution >= 0.6 is 23.4 Å². The number of fused-ring (bicyclic) bond motifs is 1. The average molecular weight is 376 g/mol. The number of hydrogen-bond donors (Lipinski definition) is 1. The van der Waals surface area contributed by atoms with Gasteiger partial charge in [-0.15, -0.1) is 11.8 Å². The Morgan fingerprint density at radius 1 is 1.32 bits per heavy atom. The molecule has 1 aliphatic heterocycles. The molecule has 2 aromatic rings. The van der Waals surface area contributed by atoms with Crippen molar-refractivity contribution in [3.05, 3.63) is 58.6 Å². The van der Waals surface area contributed by atoms with Gasteiger partial charge in [-0.05, 0) is 55.2 Å². The zero-order chi connectivity index (χ0) is 17.6. The summed E-state index contributed by atoms with van der Waals surface area (Å²) in [5.41, 5.74) is 2.24. The maximum atomic E-state index is 12.3. The molecule has 5 heteroatoms. The molecule has 0 saturated heterocycles. The molecule has 3 rings (SSSR count). The molecule has 1 amide bonds. The molecule has 0 radical (unpaired) electrons. The highest BCUT2D eigenvalue weighted by Gasteiger charge is 2.21. The molecule has 0 fully saturated rings. The Morgan fingerprint density at radius 3 is 3.00 bits per heavy atom. The van der Waals surface area contributed by atoms with Crippen LogP contribution in [0.25, 0.3) is 0 Å². The van der Waals surface area contributed by atoms with Gasteiger partial charge < -0.3 is 10.1 Å². The van der Waals surface area contributed by atoms with Gasteiger partial charge in [-0.2, -0.15) is 0 Å². The summed E-state index contributed by atoms with van der Waals surface area (Å²) < 4.78 is 5.75. The number of rotatable bonds is 6. The van der Waals surface area contributed by atoms with Crippen molar-refractivity contribution in [2.45, 2.75) is 37.1 Å². The third kappa shape index (κ3) is 4.93. The molecule has 0 bridgehead atoms. The lowest BCUT2D eigenvalue weighted by molar-refractivity contribution is -0.122. The van der Waals surface area contributed by atoms with E-state index in [1.165, 1.54) is 10.5 Å². The number of benzene rings is 2. The predicted octanol–water partition coefficient (Wildman–Crippen LogP) is 5.16. The summed E-state index contributed by atoms with van der Waals surface area (Å²) in [5, 5.41) is 3.87. The maximum Gasteiger partial charge on any atom is 0.220 e. The molecule has 2 aromatic carbocycles. The van der Waals surface area contributed by atoms with Gasteiger partial charge in [0, 0.05) is 22.1 Å². The van der Waals surface area contributed by atoms with Gasteiger partial charge in [-0.1, -0.05) is 29.8 Å². The fourth-order valence-electron chi connectivity index (χ4n) is 2.95. The molecular weight excluding hydrogens is 354 g/mol. The van der Waals surface area contributed by atoms with E-state index >= 15 is 0 Å². The normalized spacial score (nSPS) is 16.2. The maximum absolute atomic E-state index is 12.3. The quantitative estimate of drug-likeness (QED) is 0.708. The van der Waals surface area contributed by atoms with Crippen LogP contribution in [0.1, 0.15) is 36.4 Å². The molecule has 0 spiro atoms. The first-order valence-corrected chi connectivity index (χ1v) is 9.90. The second kappa shape index (κ2) is 8.63. The van der Waals surface area contributed by atoms with E-state index in [1.54, 1.807) is 0 Å². The lowest BCUT2D eigenvalue weighted by atomic mass is 10.0. The standard InChI is InChI=1S/C20H22ClNO2S/c1-14-13-15(21)8-9-18(14)24-11-4-7-20(23)22-17-10-12-25-19-6-3-2-5-16(17)19/h2-3,5-6,8-9,13,17H,4,7,10-12H2,1H3,(H,22,23). The largest absolute Gasteiger partial charge is 0.493 e. The molecule has 1 unspecified atom stereocenters. The van der Waals surface area contributed by atoms with Gasteiger partial charge >= 0.3 is 0 Å². The number of thioether (sulfide) groups is 1. The molecule has 132 valence electrons.